The molecule has 1 rings (SSSR count). The first-order chi connectivity index (χ1) is 8.74. The lowest BCUT2D eigenvalue weighted by atomic mass is 10.1. The highest BCUT2D eigenvalue weighted by Gasteiger charge is 2.05. The first-order valence-electron chi connectivity index (χ1n) is 6.08. The normalized spacial score (nSPS) is 11.9. The van der Waals surface area contributed by atoms with Crippen molar-refractivity contribution in [3.63, 3.8) is 0 Å². The lowest BCUT2D eigenvalue weighted by Crippen LogP contribution is -2.33. The molecule has 0 aliphatic heterocycles. The van der Waals surface area contributed by atoms with E-state index in [0.717, 1.165) is 5.56 Å². The molecule has 0 spiro atoms. The van der Waals surface area contributed by atoms with Gasteiger partial charge in [0.15, 0.2) is 0 Å². The lowest BCUT2D eigenvalue weighted by Gasteiger charge is -2.12. The van der Waals surface area contributed by atoms with Gasteiger partial charge >= 0.3 is 6.09 Å². The maximum absolute atomic E-state index is 11.0. The largest absolute Gasteiger partial charge is 0.450 e. The van der Waals surface area contributed by atoms with Gasteiger partial charge in [-0.15, -0.1) is 0 Å². The second-order valence-corrected chi connectivity index (χ2v) is 3.78. The fourth-order valence-corrected chi connectivity index (χ4v) is 1.47. The van der Waals surface area contributed by atoms with Gasteiger partial charge in [-0.1, -0.05) is 30.3 Å². The van der Waals surface area contributed by atoms with Gasteiger partial charge in [-0.3, -0.25) is 0 Å². The smallest absolute Gasteiger partial charge is 0.407 e. The van der Waals surface area contributed by atoms with Gasteiger partial charge in [0.1, 0.15) is 0 Å². The van der Waals surface area contributed by atoms with E-state index in [2.05, 4.69) is 10.6 Å². The minimum Gasteiger partial charge on any atom is -0.450 e. The van der Waals surface area contributed by atoms with Crippen LogP contribution in [0.5, 0.6) is 0 Å². The van der Waals surface area contributed by atoms with E-state index in [1.54, 1.807) is 6.92 Å². The number of nitrogens with one attached hydrogen (secondary N) is 2. The Morgan fingerprint density at radius 1 is 1.33 bits per heavy atom. The SMILES string of the molecule is CCOC(=O)NCCNC[C@H](O)c1ccccc1. The summed E-state index contributed by atoms with van der Waals surface area (Å²) in [7, 11) is 0. The zero-order valence-corrected chi connectivity index (χ0v) is 10.6. The van der Waals surface area contributed by atoms with Crippen LogP contribution >= 0.6 is 0 Å². The molecule has 0 saturated carbocycles. The van der Waals surface area contributed by atoms with Gasteiger partial charge in [-0.25, -0.2) is 4.79 Å². The van der Waals surface area contributed by atoms with E-state index in [9.17, 15) is 9.90 Å². The van der Waals surface area contributed by atoms with Crippen LogP contribution < -0.4 is 10.6 Å². The molecule has 18 heavy (non-hydrogen) atoms. The third-order valence-corrected chi connectivity index (χ3v) is 2.37. The summed E-state index contributed by atoms with van der Waals surface area (Å²) in [5, 5.41) is 15.5. The third-order valence-electron chi connectivity index (χ3n) is 2.37. The molecular weight excluding hydrogens is 232 g/mol. The van der Waals surface area contributed by atoms with Gasteiger partial charge in [-0.05, 0) is 12.5 Å². The number of aliphatic hydroxyl groups is 1. The van der Waals surface area contributed by atoms with Crippen LogP contribution in [0.25, 0.3) is 0 Å². The average molecular weight is 252 g/mol. The van der Waals surface area contributed by atoms with Gasteiger partial charge in [0.25, 0.3) is 0 Å². The van der Waals surface area contributed by atoms with Crippen LogP contribution in [0.3, 0.4) is 0 Å². The van der Waals surface area contributed by atoms with Gasteiger partial charge in [0.05, 0.1) is 12.7 Å². The fourth-order valence-electron chi connectivity index (χ4n) is 1.47. The van der Waals surface area contributed by atoms with E-state index in [1.807, 2.05) is 30.3 Å². The number of ether oxygens (including phenoxy) is 1. The molecule has 0 unspecified atom stereocenters. The standard InChI is InChI=1S/C13H20N2O3/c1-2-18-13(17)15-9-8-14-10-12(16)11-6-4-3-5-7-11/h3-7,12,14,16H,2,8-10H2,1H3,(H,15,17)/t12-/m0/s1. The number of benzene rings is 1. The maximum atomic E-state index is 11.0. The predicted octanol–water partition coefficient (Wildman–Crippen LogP) is 1.06. The van der Waals surface area contributed by atoms with E-state index < -0.39 is 12.2 Å². The summed E-state index contributed by atoms with van der Waals surface area (Å²) in [6.45, 7) is 3.64. The molecule has 0 radical (unpaired) electrons. The van der Waals surface area contributed by atoms with Crippen molar-refractivity contribution in [1.29, 1.82) is 0 Å². The Kier molecular flexibility index (Phi) is 6.83. The Labute approximate surface area is 107 Å². The highest BCUT2D eigenvalue weighted by Crippen LogP contribution is 2.09. The van der Waals surface area contributed by atoms with Crippen molar-refractivity contribution in [2.75, 3.05) is 26.2 Å². The first-order valence-corrected chi connectivity index (χ1v) is 6.08. The fraction of sp³-hybridized carbons (Fsp3) is 0.462. The highest BCUT2D eigenvalue weighted by atomic mass is 16.5. The average Bonchev–Trinajstić information content (AvgIpc) is 2.39. The van der Waals surface area contributed by atoms with E-state index in [4.69, 9.17) is 4.74 Å². The number of amides is 1. The third kappa shape index (κ3) is 5.65. The van der Waals surface area contributed by atoms with Crippen molar-refractivity contribution < 1.29 is 14.6 Å². The van der Waals surface area contributed by atoms with Crippen LogP contribution in [-0.4, -0.2) is 37.4 Å². The van der Waals surface area contributed by atoms with Crippen LogP contribution in [0.4, 0.5) is 4.79 Å². The second-order valence-electron chi connectivity index (χ2n) is 3.78. The zero-order chi connectivity index (χ0) is 13.2. The van der Waals surface area contributed by atoms with Crippen molar-refractivity contribution in [2.24, 2.45) is 0 Å². The monoisotopic (exact) mass is 252 g/mol. The predicted molar refractivity (Wildman–Crippen MR) is 69.3 cm³/mol. The molecule has 0 bridgehead atoms. The number of alkyl carbamates (subject to hydrolysis) is 1. The minimum absolute atomic E-state index is 0.367. The summed E-state index contributed by atoms with van der Waals surface area (Å²) in [5.41, 5.74) is 0.878. The number of hydrogen-bond acceptors (Lipinski definition) is 4. The van der Waals surface area contributed by atoms with Crippen LogP contribution in [0, 0.1) is 0 Å². The maximum Gasteiger partial charge on any atom is 0.407 e. The second kappa shape index (κ2) is 8.49. The van der Waals surface area contributed by atoms with Crippen molar-refractivity contribution in [1.82, 2.24) is 10.6 Å². The van der Waals surface area contributed by atoms with Gasteiger partial charge < -0.3 is 20.5 Å². The minimum atomic E-state index is -0.534. The topological polar surface area (TPSA) is 70.6 Å². The summed E-state index contributed by atoms with van der Waals surface area (Å²) >= 11 is 0. The van der Waals surface area contributed by atoms with E-state index in [-0.39, 0.29) is 0 Å². The molecular formula is C13H20N2O3. The summed E-state index contributed by atoms with van der Waals surface area (Å²) in [6, 6.07) is 9.45. The molecule has 0 aromatic heterocycles. The van der Waals surface area contributed by atoms with Gasteiger partial charge in [-0.2, -0.15) is 0 Å². The first kappa shape index (κ1) is 14.5. The molecule has 0 aliphatic carbocycles. The summed E-state index contributed by atoms with van der Waals surface area (Å²) in [4.78, 5) is 11.0. The number of carbonyl (C=O) groups is 1. The molecule has 1 aromatic carbocycles. The van der Waals surface area contributed by atoms with Crippen molar-refractivity contribution >= 4 is 6.09 Å². The molecule has 0 fully saturated rings. The summed E-state index contributed by atoms with van der Waals surface area (Å²) in [5.74, 6) is 0. The Balaban J connectivity index is 2.09. The van der Waals surface area contributed by atoms with E-state index in [0.29, 0.717) is 26.2 Å². The molecule has 5 heteroatoms. The van der Waals surface area contributed by atoms with E-state index >= 15 is 0 Å². The number of rotatable bonds is 7. The van der Waals surface area contributed by atoms with Crippen LogP contribution in [0.15, 0.2) is 30.3 Å². The molecule has 3 N–H and O–H groups in total. The molecule has 5 nitrogen and oxygen atoms in total. The Morgan fingerprint density at radius 3 is 2.72 bits per heavy atom. The molecule has 1 atom stereocenters. The van der Waals surface area contributed by atoms with Crippen LogP contribution in [0.1, 0.15) is 18.6 Å². The summed E-state index contributed by atoms with van der Waals surface area (Å²) < 4.78 is 4.71. The Hall–Kier alpha value is -1.59. The van der Waals surface area contributed by atoms with Crippen molar-refractivity contribution in [2.45, 2.75) is 13.0 Å². The number of carbonyl (C=O) groups excluding carboxylic acids is 1. The van der Waals surface area contributed by atoms with Crippen molar-refractivity contribution in [3.05, 3.63) is 35.9 Å². The summed E-state index contributed by atoms with van der Waals surface area (Å²) in [6.07, 6.45) is -0.947. The molecule has 100 valence electrons. The Bertz CT molecular complexity index is 343. The Morgan fingerprint density at radius 2 is 2.06 bits per heavy atom. The zero-order valence-electron chi connectivity index (χ0n) is 10.6. The molecule has 0 saturated heterocycles. The lowest BCUT2D eigenvalue weighted by molar-refractivity contribution is 0.151. The molecule has 0 aliphatic rings. The van der Waals surface area contributed by atoms with Crippen LogP contribution in [0.2, 0.25) is 0 Å². The molecule has 0 heterocycles. The van der Waals surface area contributed by atoms with E-state index in [1.165, 1.54) is 0 Å². The number of hydrogen-bond donors (Lipinski definition) is 3. The molecule has 1 amide bonds. The van der Waals surface area contributed by atoms with Crippen molar-refractivity contribution in [3.8, 4) is 0 Å². The van der Waals surface area contributed by atoms with Gasteiger partial charge in [0.2, 0.25) is 0 Å². The van der Waals surface area contributed by atoms with Crippen LogP contribution in [-0.2, 0) is 4.74 Å². The highest BCUT2D eigenvalue weighted by molar-refractivity contribution is 5.66. The number of aliphatic hydroxyl groups excluding tert-OH is 1. The van der Waals surface area contributed by atoms with Gasteiger partial charge in [0, 0.05) is 19.6 Å². The quantitative estimate of drug-likeness (QED) is 0.634. The molecule has 1 aromatic rings.